The Morgan fingerprint density at radius 3 is 2.00 bits per heavy atom. The molecule has 8 heteroatoms. The van der Waals surface area contributed by atoms with Crippen LogP contribution in [0, 0.1) is 0 Å². The molecule has 2 rings (SSSR count). The average Bonchev–Trinajstić information content (AvgIpc) is 2.67. The van der Waals surface area contributed by atoms with Gasteiger partial charge in [-0.1, -0.05) is 0 Å². The van der Waals surface area contributed by atoms with Crippen LogP contribution < -0.4 is 9.47 Å². The second-order valence-electron chi connectivity index (χ2n) is 6.20. The van der Waals surface area contributed by atoms with Crippen LogP contribution in [0.4, 0.5) is 13.2 Å². The molecule has 0 bridgehead atoms. The van der Waals surface area contributed by atoms with Crippen molar-refractivity contribution >= 4 is 17.7 Å². The molecule has 0 aromatic heterocycles. The smallest absolute Gasteiger partial charge is 0.416 e. The lowest BCUT2D eigenvalue weighted by molar-refractivity contribution is -0.143. The van der Waals surface area contributed by atoms with Crippen molar-refractivity contribution in [3.8, 4) is 17.2 Å². The van der Waals surface area contributed by atoms with Gasteiger partial charge >= 0.3 is 12.1 Å². The van der Waals surface area contributed by atoms with E-state index in [1.165, 1.54) is 23.9 Å². The minimum atomic E-state index is -4.38. The number of carbonyl (C=O) groups excluding carboxylic acids is 1. The van der Waals surface area contributed by atoms with Gasteiger partial charge in [0.05, 0.1) is 23.8 Å². The van der Waals surface area contributed by atoms with Gasteiger partial charge in [-0.15, -0.1) is 0 Å². The third-order valence-electron chi connectivity index (χ3n) is 4.06. The molecule has 158 valence electrons. The number of alkyl halides is 3. The molecule has 0 aliphatic heterocycles. The third-order valence-corrected chi connectivity index (χ3v) is 5.22. The number of carbonyl (C=O) groups is 1. The number of halogens is 3. The molecule has 2 atom stereocenters. The van der Waals surface area contributed by atoms with Crippen molar-refractivity contribution in [2.45, 2.75) is 37.8 Å². The maximum Gasteiger partial charge on any atom is 0.416 e. The standard InChI is InChI=1S/C21H23F3O4S/c1-4-26-20(25)13-19(29-3)14(2)27-16-9-11-18(12-10-16)28-17-7-5-15(6-8-17)21(22,23)24/h5-12,14,19H,4,13H2,1-3H3. The zero-order chi connectivity index (χ0) is 21.4. The summed E-state index contributed by atoms with van der Waals surface area (Å²) in [5.41, 5.74) is -0.728. The van der Waals surface area contributed by atoms with Crippen molar-refractivity contribution < 1.29 is 32.2 Å². The molecule has 0 spiro atoms. The van der Waals surface area contributed by atoms with E-state index in [0.717, 1.165) is 12.1 Å². The Labute approximate surface area is 172 Å². The zero-order valence-electron chi connectivity index (χ0n) is 16.4. The van der Waals surface area contributed by atoms with E-state index in [1.807, 2.05) is 13.2 Å². The predicted molar refractivity (Wildman–Crippen MR) is 107 cm³/mol. The van der Waals surface area contributed by atoms with Crippen LogP contribution >= 0.6 is 11.8 Å². The Kier molecular flexibility index (Phi) is 8.25. The molecule has 0 amide bonds. The maximum atomic E-state index is 12.6. The Bertz CT molecular complexity index is 776. The first-order chi connectivity index (χ1) is 13.7. The van der Waals surface area contributed by atoms with E-state index in [4.69, 9.17) is 14.2 Å². The normalized spacial score (nSPS) is 13.4. The summed E-state index contributed by atoms with van der Waals surface area (Å²) in [6.07, 6.45) is -2.44. The maximum absolute atomic E-state index is 12.6. The third kappa shape index (κ3) is 7.20. The average molecular weight is 428 g/mol. The molecule has 29 heavy (non-hydrogen) atoms. The second-order valence-corrected chi connectivity index (χ2v) is 7.28. The predicted octanol–water partition coefficient (Wildman–Crippen LogP) is 5.95. The van der Waals surface area contributed by atoms with Crippen LogP contribution in [-0.2, 0) is 15.7 Å². The van der Waals surface area contributed by atoms with Gasteiger partial charge in [0, 0.05) is 0 Å². The van der Waals surface area contributed by atoms with E-state index in [9.17, 15) is 18.0 Å². The molecule has 0 fully saturated rings. The molecule has 0 heterocycles. The van der Waals surface area contributed by atoms with Crippen molar-refractivity contribution in [3.63, 3.8) is 0 Å². The summed E-state index contributed by atoms with van der Waals surface area (Å²) in [4.78, 5) is 11.7. The summed E-state index contributed by atoms with van der Waals surface area (Å²) >= 11 is 1.53. The van der Waals surface area contributed by atoms with E-state index in [2.05, 4.69) is 0 Å². The molecular weight excluding hydrogens is 405 g/mol. The first kappa shape index (κ1) is 22.9. The lowest BCUT2D eigenvalue weighted by Gasteiger charge is -2.22. The van der Waals surface area contributed by atoms with Crippen LogP contribution in [0.15, 0.2) is 48.5 Å². The minimum Gasteiger partial charge on any atom is -0.490 e. The van der Waals surface area contributed by atoms with Crippen molar-refractivity contribution in [2.24, 2.45) is 0 Å². The fraction of sp³-hybridized carbons (Fsp3) is 0.381. The number of ether oxygens (including phenoxy) is 3. The van der Waals surface area contributed by atoms with Crippen molar-refractivity contribution in [3.05, 3.63) is 54.1 Å². The van der Waals surface area contributed by atoms with Gasteiger partial charge in [0.1, 0.15) is 23.4 Å². The van der Waals surface area contributed by atoms with E-state index in [-0.39, 0.29) is 23.7 Å². The van der Waals surface area contributed by atoms with Crippen LogP contribution in [0.25, 0.3) is 0 Å². The summed E-state index contributed by atoms with van der Waals surface area (Å²) in [5.74, 6) is 1.11. The largest absolute Gasteiger partial charge is 0.490 e. The number of benzene rings is 2. The van der Waals surface area contributed by atoms with Gasteiger partial charge in [-0.25, -0.2) is 0 Å². The Hall–Kier alpha value is -2.35. The molecule has 0 N–H and O–H groups in total. The number of rotatable bonds is 9. The summed E-state index contributed by atoms with van der Waals surface area (Å²) in [5, 5.41) is -0.0582. The molecule has 2 aromatic rings. The monoisotopic (exact) mass is 428 g/mol. The van der Waals surface area contributed by atoms with Gasteiger partial charge in [-0.05, 0) is 68.6 Å². The first-order valence-electron chi connectivity index (χ1n) is 9.03. The van der Waals surface area contributed by atoms with Crippen molar-refractivity contribution in [1.82, 2.24) is 0 Å². The van der Waals surface area contributed by atoms with Crippen molar-refractivity contribution in [2.75, 3.05) is 12.9 Å². The van der Waals surface area contributed by atoms with Gasteiger partial charge in [0.15, 0.2) is 0 Å². The van der Waals surface area contributed by atoms with Crippen LogP contribution in [0.5, 0.6) is 17.2 Å². The van der Waals surface area contributed by atoms with Gasteiger partial charge in [-0.3, -0.25) is 4.79 Å². The lowest BCUT2D eigenvalue weighted by Crippen LogP contribution is -2.29. The SMILES string of the molecule is CCOC(=O)CC(SC)C(C)Oc1ccc(Oc2ccc(C(F)(F)F)cc2)cc1. The van der Waals surface area contributed by atoms with Crippen LogP contribution in [0.3, 0.4) is 0 Å². The van der Waals surface area contributed by atoms with E-state index in [1.54, 1.807) is 31.2 Å². The first-order valence-corrected chi connectivity index (χ1v) is 10.3. The molecule has 4 nitrogen and oxygen atoms in total. The second kappa shape index (κ2) is 10.4. The fourth-order valence-corrected chi connectivity index (χ4v) is 3.29. The Balaban J connectivity index is 1.94. The van der Waals surface area contributed by atoms with Gasteiger partial charge in [0.25, 0.3) is 0 Å². The molecule has 0 radical (unpaired) electrons. The summed E-state index contributed by atoms with van der Waals surface area (Å²) < 4.78 is 54.3. The van der Waals surface area contributed by atoms with Crippen molar-refractivity contribution in [1.29, 1.82) is 0 Å². The molecule has 2 aromatic carbocycles. The summed E-state index contributed by atoms with van der Waals surface area (Å²) in [6.45, 7) is 3.99. The van der Waals surface area contributed by atoms with E-state index < -0.39 is 11.7 Å². The number of thioether (sulfide) groups is 1. The summed E-state index contributed by atoms with van der Waals surface area (Å²) in [6, 6.07) is 11.2. The minimum absolute atomic E-state index is 0.0582. The molecule has 0 saturated carbocycles. The number of hydrogen-bond donors (Lipinski definition) is 0. The van der Waals surface area contributed by atoms with Gasteiger partial charge < -0.3 is 14.2 Å². The molecular formula is C21H23F3O4S. The quantitative estimate of drug-likeness (QED) is 0.462. The lowest BCUT2D eigenvalue weighted by atomic mass is 10.2. The van der Waals surface area contributed by atoms with Crippen LogP contribution in [0.2, 0.25) is 0 Å². The highest BCUT2D eigenvalue weighted by Crippen LogP contribution is 2.32. The molecule has 0 aliphatic rings. The van der Waals surface area contributed by atoms with E-state index >= 15 is 0 Å². The van der Waals surface area contributed by atoms with E-state index in [0.29, 0.717) is 23.9 Å². The fourth-order valence-electron chi connectivity index (χ4n) is 2.55. The zero-order valence-corrected chi connectivity index (χ0v) is 17.2. The highest BCUT2D eigenvalue weighted by Gasteiger charge is 2.30. The van der Waals surface area contributed by atoms with Gasteiger partial charge in [0.2, 0.25) is 0 Å². The highest BCUT2D eigenvalue weighted by atomic mass is 32.2. The van der Waals surface area contributed by atoms with Crippen LogP contribution in [0.1, 0.15) is 25.8 Å². The Morgan fingerprint density at radius 1 is 1.00 bits per heavy atom. The summed E-state index contributed by atoms with van der Waals surface area (Å²) in [7, 11) is 0. The highest BCUT2D eigenvalue weighted by molar-refractivity contribution is 7.99. The molecule has 0 aliphatic carbocycles. The molecule has 0 saturated heterocycles. The number of esters is 1. The molecule has 2 unspecified atom stereocenters. The van der Waals surface area contributed by atoms with Crippen LogP contribution in [-0.4, -0.2) is 30.2 Å². The number of hydrogen-bond acceptors (Lipinski definition) is 5. The topological polar surface area (TPSA) is 44.8 Å². The Morgan fingerprint density at radius 2 is 1.52 bits per heavy atom. The van der Waals surface area contributed by atoms with Gasteiger partial charge in [-0.2, -0.15) is 24.9 Å².